The van der Waals surface area contributed by atoms with Crippen molar-refractivity contribution in [1.82, 2.24) is 5.32 Å². The number of hydrogen-bond donors (Lipinski definition) is 7. The Balaban J connectivity index is 2.53. The largest absolute Gasteiger partial charge is 0.394 e. The van der Waals surface area contributed by atoms with E-state index < -0.39 is 61.5 Å². The standard InChI is InChI=1S/C40H75NO9/c1-3-5-7-9-11-13-15-17-19-20-22-24-26-28-33(43)32(31-49-40-38(47)37(46)36(45)35(30-42)50-40)41-39(48)34(44)29-27-25-23-21-18-16-14-12-10-8-6-4-2/h18,21,26,28,32-38,40,42-47H,3-17,19-20,22-25,27,29-31H2,1-2H3,(H,41,48)/b21-18-,28-26+. The summed E-state index contributed by atoms with van der Waals surface area (Å²) in [5.74, 6) is -0.635. The van der Waals surface area contributed by atoms with Crippen molar-refractivity contribution in [1.29, 1.82) is 0 Å². The maximum absolute atomic E-state index is 12.9. The highest BCUT2D eigenvalue weighted by Crippen LogP contribution is 2.22. The molecule has 1 aliphatic heterocycles. The van der Waals surface area contributed by atoms with E-state index in [-0.39, 0.29) is 13.0 Å². The predicted molar refractivity (Wildman–Crippen MR) is 199 cm³/mol. The van der Waals surface area contributed by atoms with Crippen molar-refractivity contribution in [3.05, 3.63) is 24.3 Å². The van der Waals surface area contributed by atoms with Crippen molar-refractivity contribution in [2.45, 2.75) is 210 Å². The topological polar surface area (TPSA) is 169 Å². The summed E-state index contributed by atoms with van der Waals surface area (Å²) in [6.07, 6.45) is 24.1. The molecule has 0 aromatic carbocycles. The second-order valence-corrected chi connectivity index (χ2v) is 14.2. The van der Waals surface area contributed by atoms with E-state index in [0.717, 1.165) is 38.5 Å². The number of amides is 1. The zero-order chi connectivity index (χ0) is 36.8. The Kier molecular flexibility index (Phi) is 29.1. The summed E-state index contributed by atoms with van der Waals surface area (Å²) < 4.78 is 11.1. The van der Waals surface area contributed by atoms with Gasteiger partial charge in [0.15, 0.2) is 6.29 Å². The maximum Gasteiger partial charge on any atom is 0.249 e. The summed E-state index contributed by atoms with van der Waals surface area (Å²) in [6, 6.07) is -0.983. The number of hydrogen-bond acceptors (Lipinski definition) is 9. The fourth-order valence-electron chi connectivity index (χ4n) is 6.21. The van der Waals surface area contributed by atoms with Gasteiger partial charge in [-0.2, -0.15) is 0 Å². The van der Waals surface area contributed by atoms with Gasteiger partial charge in [-0.15, -0.1) is 0 Å². The van der Waals surface area contributed by atoms with E-state index in [4.69, 9.17) is 9.47 Å². The number of rotatable bonds is 32. The smallest absolute Gasteiger partial charge is 0.249 e. The minimum absolute atomic E-state index is 0.280. The maximum atomic E-state index is 12.9. The fraction of sp³-hybridized carbons (Fsp3) is 0.875. The molecule has 8 atom stereocenters. The first-order valence-electron chi connectivity index (χ1n) is 20.2. The number of carbonyl (C=O) groups excluding carboxylic acids is 1. The predicted octanol–water partition coefficient (Wildman–Crippen LogP) is 6.13. The highest BCUT2D eigenvalue weighted by molar-refractivity contribution is 5.80. The number of allylic oxidation sites excluding steroid dienone is 3. The van der Waals surface area contributed by atoms with Gasteiger partial charge in [-0.25, -0.2) is 0 Å². The zero-order valence-electron chi connectivity index (χ0n) is 31.5. The van der Waals surface area contributed by atoms with Crippen LogP contribution in [0.15, 0.2) is 24.3 Å². The number of ether oxygens (including phenoxy) is 2. The van der Waals surface area contributed by atoms with Crippen molar-refractivity contribution >= 4 is 5.91 Å². The van der Waals surface area contributed by atoms with Crippen LogP contribution in [0.2, 0.25) is 0 Å². The first kappa shape index (κ1) is 46.7. The molecule has 50 heavy (non-hydrogen) atoms. The lowest BCUT2D eigenvalue weighted by Gasteiger charge is -2.40. The van der Waals surface area contributed by atoms with Gasteiger partial charge in [-0.3, -0.25) is 4.79 Å². The number of unbranched alkanes of at least 4 members (excludes halogenated alkanes) is 19. The summed E-state index contributed by atoms with van der Waals surface area (Å²) in [4.78, 5) is 12.9. The van der Waals surface area contributed by atoms with Gasteiger partial charge in [0, 0.05) is 0 Å². The molecule has 0 aromatic heterocycles. The molecule has 1 rings (SSSR count). The number of aliphatic hydroxyl groups is 6. The summed E-state index contributed by atoms with van der Waals surface area (Å²) in [6.45, 7) is 3.55. The molecular weight excluding hydrogens is 638 g/mol. The highest BCUT2D eigenvalue weighted by Gasteiger charge is 2.44. The van der Waals surface area contributed by atoms with Crippen molar-refractivity contribution in [2.75, 3.05) is 13.2 Å². The molecule has 1 saturated heterocycles. The second-order valence-electron chi connectivity index (χ2n) is 14.2. The van der Waals surface area contributed by atoms with Gasteiger partial charge >= 0.3 is 0 Å². The van der Waals surface area contributed by atoms with Crippen LogP contribution in [0.3, 0.4) is 0 Å². The van der Waals surface area contributed by atoms with Crippen LogP contribution in [0.25, 0.3) is 0 Å². The third-order valence-electron chi connectivity index (χ3n) is 9.63. The Morgan fingerprint density at radius 2 is 1.16 bits per heavy atom. The van der Waals surface area contributed by atoms with Crippen molar-refractivity contribution in [3.8, 4) is 0 Å². The molecule has 0 bridgehead atoms. The van der Waals surface area contributed by atoms with E-state index in [0.29, 0.717) is 6.42 Å². The number of carbonyl (C=O) groups is 1. The van der Waals surface area contributed by atoms with E-state index in [1.807, 2.05) is 6.08 Å². The number of aliphatic hydroxyl groups excluding tert-OH is 6. The highest BCUT2D eigenvalue weighted by atomic mass is 16.7. The van der Waals surface area contributed by atoms with Gasteiger partial charge < -0.3 is 45.4 Å². The molecule has 0 saturated carbocycles. The van der Waals surface area contributed by atoms with Crippen LogP contribution in [-0.4, -0.2) is 98.7 Å². The molecule has 10 heteroatoms. The summed E-state index contributed by atoms with van der Waals surface area (Å²) in [5, 5.41) is 64.3. The van der Waals surface area contributed by atoms with Gasteiger partial charge in [0.2, 0.25) is 5.91 Å². The van der Waals surface area contributed by atoms with E-state index in [2.05, 4.69) is 31.3 Å². The lowest BCUT2D eigenvalue weighted by molar-refractivity contribution is -0.302. The normalized spacial score (nSPS) is 23.1. The Labute approximate surface area is 303 Å². The Hall–Kier alpha value is -1.37. The van der Waals surface area contributed by atoms with E-state index in [1.165, 1.54) is 96.3 Å². The zero-order valence-corrected chi connectivity index (χ0v) is 31.5. The average Bonchev–Trinajstić information content (AvgIpc) is 3.11. The fourth-order valence-corrected chi connectivity index (χ4v) is 6.21. The van der Waals surface area contributed by atoms with Gasteiger partial charge in [-0.1, -0.05) is 141 Å². The molecular formula is C40H75NO9. The number of nitrogens with one attached hydrogen (secondary N) is 1. The van der Waals surface area contributed by atoms with Crippen molar-refractivity contribution < 1.29 is 44.9 Å². The van der Waals surface area contributed by atoms with Gasteiger partial charge in [-0.05, 0) is 44.9 Å². The summed E-state index contributed by atoms with van der Waals surface area (Å²) >= 11 is 0. The molecule has 1 aliphatic rings. The third kappa shape index (κ3) is 21.9. The monoisotopic (exact) mass is 714 g/mol. The van der Waals surface area contributed by atoms with Crippen LogP contribution in [0.5, 0.6) is 0 Å². The minimum atomic E-state index is -1.61. The first-order chi connectivity index (χ1) is 24.3. The third-order valence-corrected chi connectivity index (χ3v) is 9.63. The Morgan fingerprint density at radius 1 is 0.680 bits per heavy atom. The molecule has 0 spiro atoms. The van der Waals surface area contributed by atoms with Crippen LogP contribution in [-0.2, 0) is 14.3 Å². The molecule has 10 nitrogen and oxygen atoms in total. The summed E-state index contributed by atoms with van der Waals surface area (Å²) in [5.41, 5.74) is 0. The van der Waals surface area contributed by atoms with E-state index >= 15 is 0 Å². The molecule has 1 amide bonds. The van der Waals surface area contributed by atoms with Crippen molar-refractivity contribution in [2.24, 2.45) is 0 Å². The molecule has 8 unspecified atom stereocenters. The molecule has 7 N–H and O–H groups in total. The lowest BCUT2D eigenvalue weighted by atomic mass is 9.99. The SMILES string of the molecule is CCCCCCCC/C=C\CCCCC(O)C(=O)NC(COC1OC(CO)C(O)C(O)C1O)C(O)/C=C/CCCCCCCCCCCCC. The average molecular weight is 714 g/mol. The molecule has 0 aliphatic carbocycles. The van der Waals surface area contributed by atoms with Crippen LogP contribution < -0.4 is 5.32 Å². The minimum Gasteiger partial charge on any atom is -0.394 e. The van der Waals surface area contributed by atoms with E-state index in [1.54, 1.807) is 6.08 Å². The molecule has 1 fully saturated rings. The Bertz CT molecular complexity index is 855. The Morgan fingerprint density at radius 3 is 1.68 bits per heavy atom. The summed E-state index contributed by atoms with van der Waals surface area (Å²) in [7, 11) is 0. The van der Waals surface area contributed by atoms with Gasteiger partial charge in [0.05, 0.1) is 25.4 Å². The van der Waals surface area contributed by atoms with Crippen LogP contribution >= 0.6 is 0 Å². The second kappa shape index (κ2) is 31.2. The van der Waals surface area contributed by atoms with Crippen LogP contribution in [0, 0.1) is 0 Å². The van der Waals surface area contributed by atoms with Crippen LogP contribution in [0.1, 0.15) is 162 Å². The van der Waals surface area contributed by atoms with Crippen LogP contribution in [0.4, 0.5) is 0 Å². The first-order valence-corrected chi connectivity index (χ1v) is 20.2. The van der Waals surface area contributed by atoms with Gasteiger partial charge in [0.25, 0.3) is 0 Å². The van der Waals surface area contributed by atoms with E-state index in [9.17, 15) is 35.4 Å². The molecule has 0 aromatic rings. The molecule has 0 radical (unpaired) electrons. The lowest BCUT2D eigenvalue weighted by Crippen LogP contribution is -2.60. The molecule has 294 valence electrons. The van der Waals surface area contributed by atoms with Gasteiger partial charge in [0.1, 0.15) is 30.5 Å². The molecule has 1 heterocycles. The quantitative estimate of drug-likeness (QED) is 0.0320. The van der Waals surface area contributed by atoms with Crippen molar-refractivity contribution in [3.63, 3.8) is 0 Å².